The maximum Gasteiger partial charge on any atom is 0.351 e. The molecule has 3 aromatic rings. The number of hydrogen-bond donors (Lipinski definition) is 0. The molecule has 0 unspecified atom stereocenters. The van der Waals surface area contributed by atoms with Gasteiger partial charge in [0.15, 0.2) is 5.82 Å². The third-order valence-corrected chi connectivity index (χ3v) is 3.75. The molecule has 0 fully saturated rings. The number of benzene rings is 2. The molecule has 6 heteroatoms. The quantitative estimate of drug-likeness (QED) is 0.723. The lowest BCUT2D eigenvalue weighted by Gasteiger charge is -2.10. The van der Waals surface area contributed by atoms with Crippen LogP contribution in [0, 0.1) is 5.82 Å². The van der Waals surface area contributed by atoms with Crippen LogP contribution in [-0.4, -0.2) is 39.9 Å². The fourth-order valence-electron chi connectivity index (χ4n) is 2.48. The fraction of sp³-hybridized carbons (Fsp3) is 0.222. The Balaban J connectivity index is 2.16. The van der Waals surface area contributed by atoms with Crippen LogP contribution in [0.1, 0.15) is 0 Å². The number of para-hydroxylation sites is 1. The number of rotatable bonds is 5. The number of likely N-dealkylation sites (N-methyl/N-ethyl adjacent to an activating group) is 1. The first-order valence-corrected chi connectivity index (χ1v) is 7.73. The highest BCUT2D eigenvalue weighted by atomic mass is 19.1. The number of halogens is 1. The third-order valence-electron chi connectivity index (χ3n) is 3.75. The van der Waals surface area contributed by atoms with Crippen molar-refractivity contribution in [3.8, 4) is 17.1 Å². The summed E-state index contributed by atoms with van der Waals surface area (Å²) < 4.78 is 16.8. The van der Waals surface area contributed by atoms with Gasteiger partial charge in [-0.1, -0.05) is 42.5 Å². The standard InChI is InChI=1S/C18H19FN4O/c1-21(2)12-13-22-17(14-8-4-3-5-9-14)20-23(18(22)24)16-11-7-6-10-15(16)19/h3-11H,12-13H2,1-2H3. The van der Waals surface area contributed by atoms with Crippen LogP contribution in [-0.2, 0) is 6.54 Å². The average molecular weight is 326 g/mol. The van der Waals surface area contributed by atoms with E-state index in [1.807, 2.05) is 49.3 Å². The minimum Gasteiger partial charge on any atom is -0.308 e. The van der Waals surface area contributed by atoms with Gasteiger partial charge >= 0.3 is 5.69 Å². The maximum atomic E-state index is 14.1. The van der Waals surface area contributed by atoms with Crippen molar-refractivity contribution in [2.75, 3.05) is 20.6 Å². The molecule has 0 amide bonds. The lowest BCUT2D eigenvalue weighted by Crippen LogP contribution is -2.28. The Hall–Kier alpha value is -2.73. The van der Waals surface area contributed by atoms with Crippen LogP contribution in [0.5, 0.6) is 0 Å². The molecule has 0 aliphatic rings. The van der Waals surface area contributed by atoms with Gasteiger partial charge in [0.25, 0.3) is 0 Å². The highest BCUT2D eigenvalue weighted by molar-refractivity contribution is 5.55. The van der Waals surface area contributed by atoms with Crippen molar-refractivity contribution in [1.82, 2.24) is 19.2 Å². The highest BCUT2D eigenvalue weighted by Crippen LogP contribution is 2.17. The largest absolute Gasteiger partial charge is 0.351 e. The first-order chi connectivity index (χ1) is 11.6. The Kier molecular flexibility index (Phi) is 4.57. The van der Waals surface area contributed by atoms with Gasteiger partial charge in [0.2, 0.25) is 0 Å². The highest BCUT2D eigenvalue weighted by Gasteiger charge is 2.17. The summed E-state index contributed by atoms with van der Waals surface area (Å²) in [6.07, 6.45) is 0. The Morgan fingerprint density at radius 1 is 1.04 bits per heavy atom. The van der Waals surface area contributed by atoms with E-state index in [0.29, 0.717) is 18.9 Å². The molecule has 0 saturated carbocycles. The van der Waals surface area contributed by atoms with Crippen LogP contribution in [0.3, 0.4) is 0 Å². The maximum absolute atomic E-state index is 14.1. The zero-order valence-corrected chi connectivity index (χ0v) is 13.7. The molecule has 0 aliphatic carbocycles. The minimum atomic E-state index is -0.475. The number of hydrogen-bond acceptors (Lipinski definition) is 3. The predicted octanol–water partition coefficient (Wildman–Crippen LogP) is 2.40. The second-order valence-electron chi connectivity index (χ2n) is 5.79. The lowest BCUT2D eigenvalue weighted by molar-refractivity contribution is 0.381. The molecule has 24 heavy (non-hydrogen) atoms. The summed E-state index contributed by atoms with van der Waals surface area (Å²) in [5, 5.41) is 4.40. The average Bonchev–Trinajstić information content (AvgIpc) is 2.91. The molecule has 0 atom stereocenters. The van der Waals surface area contributed by atoms with Crippen LogP contribution in [0.2, 0.25) is 0 Å². The number of aromatic nitrogens is 3. The molecule has 2 aromatic carbocycles. The molecule has 124 valence electrons. The van der Waals surface area contributed by atoms with Crippen molar-refractivity contribution < 1.29 is 4.39 Å². The molecular weight excluding hydrogens is 307 g/mol. The summed E-state index contributed by atoms with van der Waals surface area (Å²) in [6, 6.07) is 15.6. The first kappa shape index (κ1) is 16.1. The molecular formula is C18H19FN4O. The molecule has 0 saturated heterocycles. The summed E-state index contributed by atoms with van der Waals surface area (Å²) >= 11 is 0. The van der Waals surface area contributed by atoms with Gasteiger partial charge in [-0.2, -0.15) is 4.68 Å². The molecule has 1 aromatic heterocycles. The Bertz CT molecular complexity index is 884. The Morgan fingerprint density at radius 3 is 2.38 bits per heavy atom. The minimum absolute atomic E-state index is 0.156. The topological polar surface area (TPSA) is 43.1 Å². The van der Waals surface area contributed by atoms with E-state index in [2.05, 4.69) is 5.10 Å². The van der Waals surface area contributed by atoms with E-state index in [1.165, 1.54) is 6.07 Å². The molecule has 0 spiro atoms. The monoisotopic (exact) mass is 326 g/mol. The second kappa shape index (κ2) is 6.80. The van der Waals surface area contributed by atoms with Gasteiger partial charge in [0.1, 0.15) is 11.5 Å². The number of nitrogens with zero attached hydrogens (tertiary/aromatic N) is 4. The van der Waals surface area contributed by atoms with E-state index >= 15 is 0 Å². The van der Waals surface area contributed by atoms with E-state index in [0.717, 1.165) is 10.2 Å². The van der Waals surface area contributed by atoms with Crippen LogP contribution >= 0.6 is 0 Å². The summed E-state index contributed by atoms with van der Waals surface area (Å²) in [5.74, 6) is 0.0576. The third kappa shape index (κ3) is 3.14. The Morgan fingerprint density at radius 2 is 1.71 bits per heavy atom. The second-order valence-corrected chi connectivity index (χ2v) is 5.79. The summed E-state index contributed by atoms with van der Waals surface area (Å²) in [4.78, 5) is 14.8. The van der Waals surface area contributed by atoms with Gasteiger partial charge in [-0.25, -0.2) is 9.18 Å². The van der Waals surface area contributed by atoms with Crippen molar-refractivity contribution in [3.63, 3.8) is 0 Å². The molecule has 3 rings (SSSR count). The first-order valence-electron chi connectivity index (χ1n) is 7.73. The van der Waals surface area contributed by atoms with Crippen LogP contribution in [0.15, 0.2) is 59.4 Å². The molecule has 0 N–H and O–H groups in total. The smallest absolute Gasteiger partial charge is 0.308 e. The van der Waals surface area contributed by atoms with Crippen LogP contribution < -0.4 is 5.69 Å². The molecule has 5 nitrogen and oxygen atoms in total. The predicted molar refractivity (Wildman–Crippen MR) is 91.8 cm³/mol. The van der Waals surface area contributed by atoms with Crippen molar-refractivity contribution in [3.05, 3.63) is 70.9 Å². The summed E-state index contributed by atoms with van der Waals surface area (Å²) in [5.41, 5.74) is 0.632. The molecule has 0 aliphatic heterocycles. The zero-order valence-electron chi connectivity index (χ0n) is 13.7. The van der Waals surface area contributed by atoms with E-state index in [-0.39, 0.29) is 11.4 Å². The molecule has 0 radical (unpaired) electrons. The van der Waals surface area contributed by atoms with E-state index in [4.69, 9.17) is 0 Å². The zero-order chi connectivity index (χ0) is 17.1. The van der Waals surface area contributed by atoms with Gasteiger partial charge in [0, 0.05) is 18.7 Å². The normalized spacial score (nSPS) is 11.2. The van der Waals surface area contributed by atoms with Gasteiger partial charge < -0.3 is 4.90 Å². The summed E-state index contributed by atoms with van der Waals surface area (Å²) in [7, 11) is 3.88. The molecule has 1 heterocycles. The van der Waals surface area contributed by atoms with Crippen molar-refractivity contribution in [1.29, 1.82) is 0 Å². The Labute approximate surface area is 139 Å². The lowest BCUT2D eigenvalue weighted by atomic mass is 10.2. The van der Waals surface area contributed by atoms with Crippen molar-refractivity contribution in [2.45, 2.75) is 6.54 Å². The van der Waals surface area contributed by atoms with Gasteiger partial charge in [-0.05, 0) is 26.2 Å². The van der Waals surface area contributed by atoms with Crippen molar-refractivity contribution >= 4 is 0 Å². The van der Waals surface area contributed by atoms with Crippen molar-refractivity contribution in [2.24, 2.45) is 0 Å². The summed E-state index contributed by atoms with van der Waals surface area (Å²) in [6.45, 7) is 1.16. The van der Waals surface area contributed by atoms with E-state index in [9.17, 15) is 9.18 Å². The van der Waals surface area contributed by atoms with Gasteiger partial charge in [-0.15, -0.1) is 5.10 Å². The van der Waals surface area contributed by atoms with E-state index in [1.54, 1.807) is 22.8 Å². The van der Waals surface area contributed by atoms with Gasteiger partial charge in [-0.3, -0.25) is 4.57 Å². The fourth-order valence-corrected chi connectivity index (χ4v) is 2.48. The molecule has 0 bridgehead atoms. The SMILES string of the molecule is CN(C)CCn1c(-c2ccccc2)nn(-c2ccccc2F)c1=O. The van der Waals surface area contributed by atoms with Gasteiger partial charge in [0.05, 0.1) is 0 Å². The van der Waals surface area contributed by atoms with E-state index < -0.39 is 5.82 Å². The van der Waals surface area contributed by atoms with Crippen LogP contribution in [0.4, 0.5) is 4.39 Å². The van der Waals surface area contributed by atoms with Crippen LogP contribution in [0.25, 0.3) is 17.1 Å².